The lowest BCUT2D eigenvalue weighted by Gasteiger charge is -2.43. The molecule has 2 aromatic heterocycles. The summed E-state index contributed by atoms with van der Waals surface area (Å²) in [6.45, 7) is 6.09. The van der Waals surface area contributed by atoms with Crippen LogP contribution in [0.3, 0.4) is 0 Å². The Balaban J connectivity index is 1.33. The Morgan fingerprint density at radius 2 is 2.03 bits per heavy atom. The monoisotopic (exact) mass is 397 g/mol. The van der Waals surface area contributed by atoms with Gasteiger partial charge in [-0.05, 0) is 37.8 Å². The summed E-state index contributed by atoms with van der Waals surface area (Å²) in [5.74, 6) is 0.959. The zero-order chi connectivity index (χ0) is 20.0. The average molecular weight is 398 g/mol. The van der Waals surface area contributed by atoms with E-state index in [1.165, 1.54) is 17.7 Å². The zero-order valence-corrected chi connectivity index (χ0v) is 17.2. The highest BCUT2D eigenvalue weighted by atomic mass is 16.3. The van der Waals surface area contributed by atoms with Crippen LogP contribution in [0.5, 0.6) is 0 Å². The highest BCUT2D eigenvalue weighted by Gasteiger charge is 2.35. The van der Waals surface area contributed by atoms with Gasteiger partial charge in [0.2, 0.25) is 0 Å². The van der Waals surface area contributed by atoms with Crippen molar-refractivity contribution in [3.05, 3.63) is 51.7 Å². The van der Waals surface area contributed by atoms with E-state index >= 15 is 0 Å². The largest absolute Gasteiger partial charge is 0.392 e. The quantitative estimate of drug-likeness (QED) is 0.839. The number of aliphatic hydroxyl groups excluding tert-OH is 1. The van der Waals surface area contributed by atoms with E-state index in [9.17, 15) is 9.90 Å². The number of hydrogen-bond donors (Lipinski definition) is 1. The summed E-state index contributed by atoms with van der Waals surface area (Å²) in [5, 5.41) is 14.2. The van der Waals surface area contributed by atoms with Gasteiger partial charge in [0, 0.05) is 75.3 Å². The minimum atomic E-state index is -0.255. The van der Waals surface area contributed by atoms with E-state index in [1.807, 2.05) is 24.0 Å². The van der Waals surface area contributed by atoms with Gasteiger partial charge < -0.3 is 9.67 Å². The fourth-order valence-corrected chi connectivity index (χ4v) is 5.57. The molecule has 0 amide bonds. The minimum absolute atomic E-state index is 0.179. The number of aryl methyl sites for hydroxylation is 1. The normalized spacial score (nSPS) is 27.7. The number of rotatable bonds is 4. The van der Waals surface area contributed by atoms with Gasteiger partial charge in [0.1, 0.15) is 0 Å². The van der Waals surface area contributed by atoms with Crippen molar-refractivity contribution < 1.29 is 5.11 Å². The molecule has 5 rings (SSSR count). The van der Waals surface area contributed by atoms with Crippen LogP contribution in [-0.4, -0.2) is 61.5 Å². The van der Waals surface area contributed by atoms with Crippen molar-refractivity contribution in [3.63, 3.8) is 0 Å². The zero-order valence-electron chi connectivity index (χ0n) is 17.2. The molecule has 156 valence electrons. The number of piperidine rings is 2. The van der Waals surface area contributed by atoms with E-state index in [-0.39, 0.29) is 11.7 Å². The van der Waals surface area contributed by atoms with Gasteiger partial charge >= 0.3 is 0 Å². The maximum Gasteiger partial charge on any atom is 0.255 e. The van der Waals surface area contributed by atoms with Crippen molar-refractivity contribution in [2.45, 2.75) is 50.9 Å². The summed E-state index contributed by atoms with van der Waals surface area (Å²) in [6.07, 6.45) is 6.84. The molecule has 5 heterocycles. The number of β-amino-alcohol motifs (C(OH)–C–C–N with tert-alkyl or cyclic N) is 1. The molecule has 0 aliphatic carbocycles. The highest BCUT2D eigenvalue weighted by molar-refractivity contribution is 5.22. The summed E-state index contributed by atoms with van der Waals surface area (Å²) in [7, 11) is 1.96. The maximum atomic E-state index is 13.2. The molecule has 0 radical (unpaired) electrons. The summed E-state index contributed by atoms with van der Waals surface area (Å²) < 4.78 is 3.91. The van der Waals surface area contributed by atoms with Gasteiger partial charge in [-0.15, -0.1) is 0 Å². The number of fused-ring (bicyclic) bond motifs is 4. The van der Waals surface area contributed by atoms with Crippen molar-refractivity contribution in [1.29, 1.82) is 0 Å². The van der Waals surface area contributed by atoms with Crippen molar-refractivity contribution in [1.82, 2.24) is 24.1 Å². The second-order valence-corrected chi connectivity index (χ2v) is 9.25. The minimum Gasteiger partial charge on any atom is -0.392 e. The summed E-state index contributed by atoms with van der Waals surface area (Å²) >= 11 is 0. The van der Waals surface area contributed by atoms with Gasteiger partial charge in [-0.1, -0.05) is 6.07 Å². The number of hydrogen-bond acceptors (Lipinski definition) is 5. The smallest absolute Gasteiger partial charge is 0.255 e. The Kier molecular flexibility index (Phi) is 5.05. The van der Waals surface area contributed by atoms with Crippen LogP contribution in [0.15, 0.2) is 29.3 Å². The Morgan fingerprint density at radius 3 is 2.83 bits per heavy atom. The van der Waals surface area contributed by atoms with Gasteiger partial charge in [0.15, 0.2) is 0 Å². The second-order valence-electron chi connectivity index (χ2n) is 9.25. The highest BCUT2D eigenvalue weighted by Crippen LogP contribution is 2.35. The van der Waals surface area contributed by atoms with Crippen LogP contribution in [0.2, 0.25) is 0 Å². The molecular weight excluding hydrogens is 366 g/mol. The maximum absolute atomic E-state index is 13.2. The molecule has 0 unspecified atom stereocenters. The van der Waals surface area contributed by atoms with Crippen LogP contribution in [0.25, 0.3) is 0 Å². The Labute approximate surface area is 171 Å². The second kappa shape index (κ2) is 7.70. The van der Waals surface area contributed by atoms with E-state index in [2.05, 4.69) is 31.7 Å². The molecular formula is C22H31N5O2. The molecule has 7 nitrogen and oxygen atoms in total. The predicted molar refractivity (Wildman–Crippen MR) is 111 cm³/mol. The molecule has 1 N–H and O–H groups in total. The van der Waals surface area contributed by atoms with Gasteiger partial charge in [0.25, 0.3) is 5.56 Å². The van der Waals surface area contributed by atoms with E-state index in [1.54, 1.807) is 0 Å². The first-order valence-electron chi connectivity index (χ1n) is 10.9. The van der Waals surface area contributed by atoms with Crippen LogP contribution >= 0.6 is 0 Å². The molecule has 3 atom stereocenters. The number of aromatic nitrogens is 3. The molecule has 0 aromatic carbocycles. The fraction of sp³-hybridized carbons (Fsp3) is 0.636. The van der Waals surface area contributed by atoms with Gasteiger partial charge in [0.05, 0.1) is 12.3 Å². The van der Waals surface area contributed by atoms with Crippen LogP contribution in [0.4, 0.5) is 0 Å². The third-order valence-electron chi connectivity index (χ3n) is 6.80. The SMILES string of the molecule is Cn1cc(CN2C[C@@H]3C[C@H](C2)c2ccc(CN4CCC[C@H](O)C4)c(=O)n2C3)cn1. The van der Waals surface area contributed by atoms with Crippen molar-refractivity contribution in [2.24, 2.45) is 13.0 Å². The first kappa shape index (κ1) is 19.0. The predicted octanol–water partition coefficient (Wildman–Crippen LogP) is 1.16. The molecule has 2 bridgehead atoms. The number of nitrogens with zero attached hydrogens (tertiary/aromatic N) is 5. The average Bonchev–Trinajstić information content (AvgIpc) is 3.09. The van der Waals surface area contributed by atoms with Crippen LogP contribution in [0.1, 0.15) is 42.0 Å². The third kappa shape index (κ3) is 3.91. The van der Waals surface area contributed by atoms with Gasteiger partial charge in [-0.3, -0.25) is 19.3 Å². The first-order chi connectivity index (χ1) is 14.0. The van der Waals surface area contributed by atoms with Gasteiger partial charge in [-0.2, -0.15) is 5.10 Å². The van der Waals surface area contributed by atoms with Crippen LogP contribution < -0.4 is 5.56 Å². The number of aliphatic hydroxyl groups is 1. The summed E-state index contributed by atoms with van der Waals surface area (Å²) in [5.41, 5.74) is 3.50. The lowest BCUT2D eigenvalue weighted by atomic mass is 9.83. The van der Waals surface area contributed by atoms with Crippen molar-refractivity contribution in [2.75, 3.05) is 26.2 Å². The molecule has 3 aliphatic heterocycles. The molecule has 3 aliphatic rings. The first-order valence-corrected chi connectivity index (χ1v) is 10.9. The molecule has 0 saturated carbocycles. The summed E-state index contributed by atoms with van der Waals surface area (Å²) in [4.78, 5) is 18.0. The molecule has 0 spiro atoms. The molecule has 29 heavy (non-hydrogen) atoms. The van der Waals surface area contributed by atoms with E-state index in [0.29, 0.717) is 24.9 Å². The molecule has 2 saturated heterocycles. The summed E-state index contributed by atoms with van der Waals surface area (Å²) in [6, 6.07) is 4.22. The van der Waals surface area contributed by atoms with Crippen LogP contribution in [-0.2, 0) is 26.7 Å². The van der Waals surface area contributed by atoms with Crippen molar-refractivity contribution in [3.8, 4) is 0 Å². The van der Waals surface area contributed by atoms with Crippen molar-refractivity contribution >= 4 is 0 Å². The lowest BCUT2D eigenvalue weighted by molar-refractivity contribution is 0.0663. The Hall–Kier alpha value is -1.96. The van der Waals surface area contributed by atoms with E-state index < -0.39 is 0 Å². The molecule has 2 aromatic rings. The molecule has 7 heteroatoms. The van der Waals surface area contributed by atoms with E-state index in [4.69, 9.17) is 0 Å². The van der Waals surface area contributed by atoms with Crippen LogP contribution in [0, 0.1) is 5.92 Å². The number of likely N-dealkylation sites (tertiary alicyclic amines) is 2. The Bertz CT molecular complexity index is 936. The molecule has 2 fully saturated rings. The fourth-order valence-electron chi connectivity index (χ4n) is 5.57. The topological polar surface area (TPSA) is 66.5 Å². The lowest BCUT2D eigenvalue weighted by Crippen LogP contribution is -2.47. The third-order valence-corrected chi connectivity index (χ3v) is 6.80. The standard InChI is InChI=1S/C22H31N5O2/c1-24-9-17(8-23-24)11-26-10-16-7-19(14-26)21-5-4-18(22(29)27(21)12-16)13-25-6-2-3-20(28)15-25/h4-5,8-9,16,19-20,28H,2-3,6-7,10-15H2,1H3/t16-,19+,20-/m0/s1. The van der Waals surface area contributed by atoms with Gasteiger partial charge in [-0.25, -0.2) is 0 Å². The Morgan fingerprint density at radius 1 is 1.14 bits per heavy atom. The number of pyridine rings is 1. The van der Waals surface area contributed by atoms with E-state index in [0.717, 1.165) is 51.1 Å².